The first-order chi connectivity index (χ1) is 14.0. The predicted molar refractivity (Wildman–Crippen MR) is 120 cm³/mol. The Labute approximate surface area is 183 Å². The van der Waals surface area contributed by atoms with Crippen molar-refractivity contribution < 1.29 is 14.3 Å². The van der Waals surface area contributed by atoms with Crippen LogP contribution >= 0.6 is 12.4 Å². The van der Waals surface area contributed by atoms with Crippen molar-refractivity contribution in [1.82, 2.24) is 9.80 Å². The van der Waals surface area contributed by atoms with Crippen molar-refractivity contribution in [3.05, 3.63) is 60.2 Å². The van der Waals surface area contributed by atoms with Gasteiger partial charge in [-0.15, -0.1) is 12.4 Å². The SMILES string of the molecule is COc1cccc(NC(=O)CN(C)C(=O)CN2C[C@@H](N)[C@H](c3ccccc3)C2)c1.Cl. The fraction of sp³-hybridized carbons (Fsp3) is 0.364. The standard InChI is InChI=1S/C22H28N4O3.ClH/c1-25(14-21(27)24-17-9-6-10-18(11-17)29-2)22(28)15-26-12-19(20(23)13-26)16-7-4-3-5-8-16;/h3-11,19-20H,12-15,23H2,1-2H3,(H,24,27);1H/t19-,20+;/m0./s1. The Morgan fingerprint density at radius 2 is 1.90 bits per heavy atom. The fourth-order valence-electron chi connectivity index (χ4n) is 3.61. The van der Waals surface area contributed by atoms with Gasteiger partial charge >= 0.3 is 0 Å². The minimum absolute atomic E-state index is 0. The van der Waals surface area contributed by atoms with E-state index in [9.17, 15) is 9.59 Å². The molecule has 1 aliphatic rings. The summed E-state index contributed by atoms with van der Waals surface area (Å²) in [5.41, 5.74) is 8.13. The summed E-state index contributed by atoms with van der Waals surface area (Å²) in [6.07, 6.45) is 0. The van der Waals surface area contributed by atoms with Gasteiger partial charge in [0.25, 0.3) is 0 Å². The van der Waals surface area contributed by atoms with Crippen LogP contribution in [0.4, 0.5) is 5.69 Å². The fourth-order valence-corrected chi connectivity index (χ4v) is 3.61. The van der Waals surface area contributed by atoms with E-state index in [-0.39, 0.29) is 49.3 Å². The van der Waals surface area contributed by atoms with E-state index in [0.717, 1.165) is 6.54 Å². The summed E-state index contributed by atoms with van der Waals surface area (Å²) in [5, 5.41) is 2.79. The van der Waals surface area contributed by atoms with Crippen LogP contribution in [0.3, 0.4) is 0 Å². The predicted octanol–water partition coefficient (Wildman–Crippen LogP) is 1.94. The first-order valence-corrected chi connectivity index (χ1v) is 9.67. The molecule has 0 aliphatic carbocycles. The number of ether oxygens (including phenoxy) is 1. The lowest BCUT2D eigenvalue weighted by molar-refractivity contribution is -0.134. The maximum atomic E-state index is 12.6. The van der Waals surface area contributed by atoms with Crippen LogP contribution < -0.4 is 15.8 Å². The zero-order valence-corrected chi connectivity index (χ0v) is 18.1. The average molecular weight is 433 g/mol. The molecule has 8 heteroatoms. The summed E-state index contributed by atoms with van der Waals surface area (Å²) in [7, 11) is 3.21. The van der Waals surface area contributed by atoms with Crippen LogP contribution in [0, 0.1) is 0 Å². The number of carbonyl (C=O) groups excluding carboxylic acids is 2. The Bertz CT molecular complexity index is 849. The molecule has 7 nitrogen and oxygen atoms in total. The van der Waals surface area contributed by atoms with Crippen molar-refractivity contribution >= 4 is 29.9 Å². The van der Waals surface area contributed by atoms with Gasteiger partial charge in [0.05, 0.1) is 20.2 Å². The molecule has 2 atom stereocenters. The van der Waals surface area contributed by atoms with Gasteiger partial charge < -0.3 is 20.7 Å². The number of anilines is 1. The lowest BCUT2D eigenvalue weighted by Crippen LogP contribution is -2.41. The summed E-state index contributed by atoms with van der Waals surface area (Å²) in [5.74, 6) is 0.511. The Hall–Kier alpha value is -2.61. The molecule has 1 heterocycles. The summed E-state index contributed by atoms with van der Waals surface area (Å²) in [6.45, 7) is 1.63. The third-order valence-electron chi connectivity index (χ3n) is 5.19. The molecule has 0 radical (unpaired) electrons. The van der Waals surface area contributed by atoms with E-state index < -0.39 is 0 Å². The van der Waals surface area contributed by atoms with E-state index in [2.05, 4.69) is 22.3 Å². The molecular formula is C22H29ClN4O3. The van der Waals surface area contributed by atoms with E-state index in [0.29, 0.717) is 18.0 Å². The van der Waals surface area contributed by atoms with Gasteiger partial charge in [-0.05, 0) is 17.7 Å². The second-order valence-electron chi connectivity index (χ2n) is 7.41. The molecule has 0 bridgehead atoms. The van der Waals surface area contributed by atoms with Gasteiger partial charge in [-0.3, -0.25) is 14.5 Å². The topological polar surface area (TPSA) is 87.9 Å². The van der Waals surface area contributed by atoms with Crippen molar-refractivity contribution in [2.24, 2.45) is 5.73 Å². The average Bonchev–Trinajstić information content (AvgIpc) is 3.08. The van der Waals surface area contributed by atoms with Crippen LogP contribution in [-0.2, 0) is 9.59 Å². The number of nitrogens with one attached hydrogen (secondary N) is 1. The number of amides is 2. The number of nitrogens with zero attached hydrogens (tertiary/aromatic N) is 2. The molecule has 3 N–H and O–H groups in total. The molecule has 1 aliphatic heterocycles. The Kier molecular flexibility index (Phi) is 8.65. The maximum Gasteiger partial charge on any atom is 0.243 e. The molecule has 0 aromatic heterocycles. The van der Waals surface area contributed by atoms with Crippen LogP contribution in [0.1, 0.15) is 11.5 Å². The third kappa shape index (κ3) is 6.19. The third-order valence-corrected chi connectivity index (χ3v) is 5.19. The van der Waals surface area contributed by atoms with Gasteiger partial charge in [0, 0.05) is 43.9 Å². The van der Waals surface area contributed by atoms with Crippen molar-refractivity contribution in [3.63, 3.8) is 0 Å². The molecule has 2 aromatic carbocycles. The first kappa shape index (κ1) is 23.7. The van der Waals surface area contributed by atoms with Crippen LogP contribution in [0.25, 0.3) is 0 Å². The largest absolute Gasteiger partial charge is 0.497 e. The monoisotopic (exact) mass is 432 g/mol. The lowest BCUT2D eigenvalue weighted by Gasteiger charge is -2.21. The van der Waals surface area contributed by atoms with Crippen molar-refractivity contribution in [1.29, 1.82) is 0 Å². The quantitative estimate of drug-likeness (QED) is 0.698. The minimum atomic E-state index is -0.255. The van der Waals surface area contributed by atoms with Gasteiger partial charge in [0.1, 0.15) is 5.75 Å². The van der Waals surface area contributed by atoms with Gasteiger partial charge in [0.2, 0.25) is 11.8 Å². The number of likely N-dealkylation sites (tertiary alicyclic amines) is 1. The van der Waals surface area contributed by atoms with E-state index in [1.165, 1.54) is 10.5 Å². The Morgan fingerprint density at radius 3 is 2.60 bits per heavy atom. The van der Waals surface area contributed by atoms with Crippen molar-refractivity contribution in [3.8, 4) is 5.75 Å². The maximum absolute atomic E-state index is 12.6. The van der Waals surface area contributed by atoms with Crippen molar-refractivity contribution in [2.45, 2.75) is 12.0 Å². The molecular weight excluding hydrogens is 404 g/mol. The number of likely N-dealkylation sites (N-methyl/N-ethyl adjacent to an activating group) is 1. The zero-order valence-electron chi connectivity index (χ0n) is 17.3. The lowest BCUT2D eigenvalue weighted by atomic mass is 9.95. The minimum Gasteiger partial charge on any atom is -0.497 e. The molecule has 3 rings (SSSR count). The van der Waals surface area contributed by atoms with Gasteiger partial charge in [-0.2, -0.15) is 0 Å². The number of methoxy groups -OCH3 is 1. The summed E-state index contributed by atoms with van der Waals surface area (Å²) in [4.78, 5) is 28.4. The number of hydrogen-bond donors (Lipinski definition) is 2. The Balaban J connectivity index is 0.00000320. The van der Waals surface area contributed by atoms with E-state index in [4.69, 9.17) is 10.5 Å². The van der Waals surface area contributed by atoms with Gasteiger partial charge in [-0.1, -0.05) is 36.4 Å². The molecule has 0 unspecified atom stereocenters. The number of hydrogen-bond acceptors (Lipinski definition) is 5. The highest BCUT2D eigenvalue weighted by Crippen LogP contribution is 2.26. The molecule has 2 aromatic rings. The second kappa shape index (κ2) is 11.0. The van der Waals surface area contributed by atoms with E-state index in [1.54, 1.807) is 38.4 Å². The first-order valence-electron chi connectivity index (χ1n) is 9.67. The normalized spacial score (nSPS) is 18.4. The summed E-state index contributed by atoms with van der Waals surface area (Å²) >= 11 is 0. The number of nitrogens with two attached hydrogens (primary N) is 1. The van der Waals surface area contributed by atoms with Crippen LogP contribution in [0.2, 0.25) is 0 Å². The molecule has 1 saturated heterocycles. The second-order valence-corrected chi connectivity index (χ2v) is 7.41. The van der Waals surface area contributed by atoms with Crippen LogP contribution in [-0.4, -0.2) is 68.0 Å². The van der Waals surface area contributed by atoms with E-state index in [1.807, 2.05) is 18.2 Å². The van der Waals surface area contributed by atoms with Crippen LogP contribution in [0.5, 0.6) is 5.75 Å². The van der Waals surface area contributed by atoms with Gasteiger partial charge in [-0.25, -0.2) is 0 Å². The molecule has 0 saturated carbocycles. The molecule has 0 spiro atoms. The number of benzene rings is 2. The highest BCUT2D eigenvalue weighted by Gasteiger charge is 2.32. The smallest absolute Gasteiger partial charge is 0.243 e. The zero-order chi connectivity index (χ0) is 20.8. The van der Waals surface area contributed by atoms with E-state index >= 15 is 0 Å². The highest BCUT2D eigenvalue weighted by atomic mass is 35.5. The molecule has 2 amide bonds. The highest BCUT2D eigenvalue weighted by molar-refractivity contribution is 5.94. The van der Waals surface area contributed by atoms with Crippen molar-refractivity contribution in [2.75, 3.05) is 45.7 Å². The van der Waals surface area contributed by atoms with Crippen LogP contribution in [0.15, 0.2) is 54.6 Å². The summed E-state index contributed by atoms with van der Waals surface area (Å²) in [6, 6.07) is 17.2. The number of carbonyl (C=O) groups is 2. The number of halogens is 1. The van der Waals surface area contributed by atoms with Gasteiger partial charge in [0.15, 0.2) is 0 Å². The molecule has 30 heavy (non-hydrogen) atoms. The molecule has 162 valence electrons. The Morgan fingerprint density at radius 1 is 1.17 bits per heavy atom. The number of rotatable bonds is 7. The molecule has 1 fully saturated rings. The summed E-state index contributed by atoms with van der Waals surface area (Å²) < 4.78 is 5.15.